The molecule has 2 rings (SSSR count). The van der Waals surface area contributed by atoms with Gasteiger partial charge in [-0.15, -0.1) is 0 Å². The zero-order valence-electron chi connectivity index (χ0n) is 19.0. The first-order chi connectivity index (χ1) is 15.8. The lowest BCUT2D eigenvalue weighted by Gasteiger charge is -2.23. The molecule has 188 valence electrons. The van der Waals surface area contributed by atoms with Crippen LogP contribution in [-0.4, -0.2) is 67.1 Å². The Morgan fingerprint density at radius 2 is 1.68 bits per heavy atom. The van der Waals surface area contributed by atoms with Gasteiger partial charge in [0.25, 0.3) is 0 Å². The largest absolute Gasteiger partial charge is 0.492 e. The van der Waals surface area contributed by atoms with Crippen molar-refractivity contribution >= 4 is 54.8 Å². The van der Waals surface area contributed by atoms with Crippen LogP contribution in [-0.2, 0) is 24.8 Å². The first-order valence-electron chi connectivity index (χ1n) is 10.2. The highest BCUT2D eigenvalue weighted by Gasteiger charge is 2.20. The molecular formula is C21H27Cl2N3O6S2. The van der Waals surface area contributed by atoms with Gasteiger partial charge in [-0.05, 0) is 48.9 Å². The Hall–Kier alpha value is -2.05. The summed E-state index contributed by atoms with van der Waals surface area (Å²) in [4.78, 5) is 12.3. The van der Waals surface area contributed by atoms with E-state index in [2.05, 4.69) is 5.32 Å². The van der Waals surface area contributed by atoms with Gasteiger partial charge in [0.2, 0.25) is 26.0 Å². The lowest BCUT2D eigenvalue weighted by Crippen LogP contribution is -2.33. The maximum atomic E-state index is 12.2. The van der Waals surface area contributed by atoms with Gasteiger partial charge in [-0.3, -0.25) is 9.10 Å². The highest BCUT2D eigenvalue weighted by atomic mass is 35.5. The number of anilines is 1. The van der Waals surface area contributed by atoms with Gasteiger partial charge in [-0.1, -0.05) is 23.2 Å². The van der Waals surface area contributed by atoms with Crippen molar-refractivity contribution in [3.05, 3.63) is 52.5 Å². The molecule has 0 atom stereocenters. The second-order valence-electron chi connectivity index (χ2n) is 7.49. The van der Waals surface area contributed by atoms with Gasteiger partial charge < -0.3 is 10.1 Å². The van der Waals surface area contributed by atoms with Crippen molar-refractivity contribution in [1.82, 2.24) is 9.62 Å². The normalized spacial score (nSPS) is 11.9. The summed E-state index contributed by atoms with van der Waals surface area (Å²) in [6.07, 6.45) is 1.43. The van der Waals surface area contributed by atoms with Crippen LogP contribution in [0.15, 0.2) is 47.4 Å². The minimum absolute atomic E-state index is 0.0605. The van der Waals surface area contributed by atoms with Crippen molar-refractivity contribution in [2.75, 3.05) is 44.4 Å². The molecule has 9 nitrogen and oxygen atoms in total. The van der Waals surface area contributed by atoms with E-state index in [1.807, 2.05) is 0 Å². The molecule has 0 unspecified atom stereocenters. The molecule has 0 aromatic heterocycles. The Labute approximate surface area is 210 Å². The van der Waals surface area contributed by atoms with E-state index in [0.29, 0.717) is 10.8 Å². The maximum absolute atomic E-state index is 12.2. The monoisotopic (exact) mass is 551 g/mol. The van der Waals surface area contributed by atoms with Crippen LogP contribution in [0, 0.1) is 0 Å². The number of nitrogens with one attached hydrogen (secondary N) is 1. The average Bonchev–Trinajstić information content (AvgIpc) is 2.75. The van der Waals surface area contributed by atoms with Crippen molar-refractivity contribution in [1.29, 1.82) is 0 Å². The average molecular weight is 553 g/mol. The Balaban J connectivity index is 1.79. The van der Waals surface area contributed by atoms with E-state index in [1.165, 1.54) is 38.4 Å². The van der Waals surface area contributed by atoms with E-state index in [4.69, 9.17) is 27.9 Å². The number of nitrogens with zero attached hydrogens (tertiary/aromatic N) is 2. The summed E-state index contributed by atoms with van der Waals surface area (Å²) in [5.41, 5.74) is 0.259. The second kappa shape index (κ2) is 12.1. The van der Waals surface area contributed by atoms with E-state index in [9.17, 15) is 21.6 Å². The van der Waals surface area contributed by atoms with Crippen LogP contribution in [0.2, 0.25) is 10.0 Å². The predicted molar refractivity (Wildman–Crippen MR) is 134 cm³/mol. The summed E-state index contributed by atoms with van der Waals surface area (Å²) in [6.45, 7) is 0.469. The second-order valence-corrected chi connectivity index (χ2v) is 12.4. The van der Waals surface area contributed by atoms with Gasteiger partial charge >= 0.3 is 0 Å². The van der Waals surface area contributed by atoms with E-state index in [1.54, 1.807) is 18.2 Å². The molecule has 0 spiro atoms. The third-order valence-electron chi connectivity index (χ3n) is 4.64. The number of hydrogen-bond donors (Lipinski definition) is 1. The number of ether oxygens (including phenoxy) is 1. The van der Waals surface area contributed by atoms with Gasteiger partial charge in [0.15, 0.2) is 0 Å². The summed E-state index contributed by atoms with van der Waals surface area (Å²) in [6, 6.07) is 10.5. The van der Waals surface area contributed by atoms with Crippen molar-refractivity contribution in [2.24, 2.45) is 0 Å². The summed E-state index contributed by atoms with van der Waals surface area (Å²) in [5.74, 6) is 0.204. The third kappa shape index (κ3) is 8.02. The van der Waals surface area contributed by atoms with Crippen LogP contribution >= 0.6 is 23.2 Å². The van der Waals surface area contributed by atoms with Gasteiger partial charge in [-0.25, -0.2) is 21.1 Å². The minimum Gasteiger partial charge on any atom is -0.492 e. The van der Waals surface area contributed by atoms with Crippen molar-refractivity contribution in [3.8, 4) is 5.75 Å². The van der Waals surface area contributed by atoms with Gasteiger partial charge in [-0.2, -0.15) is 0 Å². The first kappa shape index (κ1) is 28.2. The van der Waals surface area contributed by atoms with Crippen LogP contribution in [0.1, 0.15) is 12.8 Å². The van der Waals surface area contributed by atoms with Gasteiger partial charge in [0.05, 0.1) is 28.4 Å². The maximum Gasteiger partial charge on any atom is 0.242 e. The quantitative estimate of drug-likeness (QED) is 0.405. The number of amides is 1. The fourth-order valence-electron chi connectivity index (χ4n) is 2.89. The topological polar surface area (TPSA) is 113 Å². The molecule has 2 aromatic rings. The number of benzene rings is 2. The SMILES string of the molecule is CN(C)S(=O)(=O)c1ccc(OCCNC(=O)CCCN(c2cc(Cl)ccc2Cl)S(C)(=O)=O)cc1. The lowest BCUT2D eigenvalue weighted by atomic mass is 10.2. The van der Waals surface area contributed by atoms with Gasteiger partial charge in [0.1, 0.15) is 12.4 Å². The molecular weight excluding hydrogens is 525 g/mol. The van der Waals surface area contributed by atoms with E-state index in [-0.39, 0.29) is 54.1 Å². The minimum atomic E-state index is -3.63. The van der Waals surface area contributed by atoms with Crippen molar-refractivity contribution in [3.63, 3.8) is 0 Å². The molecule has 0 aliphatic heterocycles. The van der Waals surface area contributed by atoms with Crippen LogP contribution < -0.4 is 14.4 Å². The number of hydrogen-bond acceptors (Lipinski definition) is 6. The molecule has 13 heteroatoms. The molecule has 0 fully saturated rings. The highest BCUT2D eigenvalue weighted by molar-refractivity contribution is 7.92. The molecule has 2 aromatic carbocycles. The van der Waals surface area contributed by atoms with Gasteiger partial charge in [0, 0.05) is 32.1 Å². The molecule has 1 amide bonds. The fourth-order valence-corrected chi connectivity index (χ4v) is 5.20. The molecule has 0 heterocycles. The lowest BCUT2D eigenvalue weighted by molar-refractivity contribution is -0.121. The Bertz CT molecular complexity index is 1200. The number of rotatable bonds is 12. The Morgan fingerprint density at radius 1 is 1.03 bits per heavy atom. The summed E-state index contributed by atoms with van der Waals surface area (Å²) in [5, 5.41) is 3.28. The smallest absolute Gasteiger partial charge is 0.242 e. The molecule has 0 radical (unpaired) electrons. The number of sulfonamides is 2. The first-order valence-corrected chi connectivity index (χ1v) is 14.2. The van der Waals surface area contributed by atoms with Crippen LogP contribution in [0.3, 0.4) is 0 Å². The van der Waals surface area contributed by atoms with Crippen molar-refractivity contribution < 1.29 is 26.4 Å². The van der Waals surface area contributed by atoms with Crippen LogP contribution in [0.25, 0.3) is 0 Å². The zero-order valence-corrected chi connectivity index (χ0v) is 22.1. The predicted octanol–water partition coefficient (Wildman–Crippen LogP) is 2.99. The Kier molecular flexibility index (Phi) is 10.0. The molecule has 0 aliphatic rings. The number of carbonyl (C=O) groups is 1. The standard InChI is InChI=1S/C21H27Cl2N3O6S2/c1-25(2)34(30,31)18-9-7-17(8-10-18)32-14-12-24-21(27)5-4-13-26(33(3,28)29)20-15-16(22)6-11-19(20)23/h6-11,15H,4-5,12-14H2,1-3H3,(H,24,27). The molecule has 0 saturated heterocycles. The number of carbonyl (C=O) groups excluding carboxylic acids is 1. The highest BCUT2D eigenvalue weighted by Crippen LogP contribution is 2.30. The van der Waals surface area contributed by atoms with E-state index >= 15 is 0 Å². The Morgan fingerprint density at radius 3 is 2.26 bits per heavy atom. The summed E-state index contributed by atoms with van der Waals surface area (Å²) in [7, 11) is -4.23. The van der Waals surface area contributed by atoms with Crippen molar-refractivity contribution in [2.45, 2.75) is 17.7 Å². The molecule has 1 N–H and O–H groups in total. The fraction of sp³-hybridized carbons (Fsp3) is 0.381. The molecule has 0 saturated carbocycles. The molecule has 0 aliphatic carbocycles. The molecule has 34 heavy (non-hydrogen) atoms. The third-order valence-corrected chi connectivity index (χ3v) is 8.20. The zero-order chi connectivity index (χ0) is 25.5. The summed E-state index contributed by atoms with van der Waals surface area (Å²) < 4.78 is 56.3. The van der Waals surface area contributed by atoms with Crippen LogP contribution in [0.5, 0.6) is 5.75 Å². The van der Waals surface area contributed by atoms with E-state index in [0.717, 1.165) is 14.9 Å². The molecule has 0 bridgehead atoms. The van der Waals surface area contributed by atoms with Crippen LogP contribution in [0.4, 0.5) is 5.69 Å². The van der Waals surface area contributed by atoms with E-state index < -0.39 is 20.0 Å². The summed E-state index contributed by atoms with van der Waals surface area (Å²) >= 11 is 12.1. The number of halogens is 2.